The van der Waals surface area contributed by atoms with Crippen molar-refractivity contribution in [3.05, 3.63) is 50.6 Å². The molecular formula is C16H17N3O4. The molecule has 0 spiro atoms. The van der Waals surface area contributed by atoms with Crippen LogP contribution in [-0.2, 0) is 0 Å². The summed E-state index contributed by atoms with van der Waals surface area (Å²) in [6.45, 7) is 6.95. The number of nitro benzene ring substituents is 1. The third-order valence-electron chi connectivity index (χ3n) is 3.73. The number of benzene rings is 2. The van der Waals surface area contributed by atoms with E-state index in [2.05, 4.69) is 10.2 Å². The van der Waals surface area contributed by atoms with Crippen molar-refractivity contribution in [2.24, 2.45) is 10.2 Å². The van der Waals surface area contributed by atoms with Gasteiger partial charge in [0, 0.05) is 11.6 Å². The molecule has 7 nitrogen and oxygen atoms in total. The fourth-order valence-corrected chi connectivity index (χ4v) is 2.23. The standard InChI is InChI=1S/C16H17N3O4/c1-8-5-10(3)16(21)15(11(8)4)18-17-12-7-13(19(22)23)9(2)6-14(12)20/h5-7,20-21H,1-4H3. The Morgan fingerprint density at radius 1 is 0.957 bits per heavy atom. The second-order valence-electron chi connectivity index (χ2n) is 5.42. The molecule has 7 heteroatoms. The van der Waals surface area contributed by atoms with Gasteiger partial charge in [-0.2, -0.15) is 0 Å². The molecule has 120 valence electrons. The van der Waals surface area contributed by atoms with Gasteiger partial charge >= 0.3 is 0 Å². The number of aryl methyl sites for hydroxylation is 3. The van der Waals surface area contributed by atoms with Gasteiger partial charge in [-0.15, -0.1) is 10.2 Å². The molecule has 0 amide bonds. The number of phenolic OH excluding ortho intramolecular Hbond substituents is 2. The van der Waals surface area contributed by atoms with Crippen LogP contribution in [0.5, 0.6) is 11.5 Å². The van der Waals surface area contributed by atoms with Crippen LogP contribution in [0, 0.1) is 37.8 Å². The van der Waals surface area contributed by atoms with Crippen molar-refractivity contribution < 1.29 is 15.1 Å². The normalized spacial score (nSPS) is 11.1. The van der Waals surface area contributed by atoms with Crippen LogP contribution in [0.1, 0.15) is 22.3 Å². The van der Waals surface area contributed by atoms with Crippen LogP contribution in [0.25, 0.3) is 0 Å². The summed E-state index contributed by atoms with van der Waals surface area (Å²) in [6.07, 6.45) is 0. The first kappa shape index (κ1) is 16.4. The van der Waals surface area contributed by atoms with Crippen molar-refractivity contribution in [2.45, 2.75) is 27.7 Å². The first-order valence-corrected chi connectivity index (χ1v) is 6.92. The molecule has 0 unspecified atom stereocenters. The first-order chi connectivity index (χ1) is 10.7. The van der Waals surface area contributed by atoms with E-state index in [9.17, 15) is 20.3 Å². The van der Waals surface area contributed by atoms with Crippen molar-refractivity contribution in [3.8, 4) is 11.5 Å². The van der Waals surface area contributed by atoms with E-state index < -0.39 is 4.92 Å². The largest absolute Gasteiger partial charge is 0.506 e. The number of nitro groups is 1. The average Bonchev–Trinajstić information content (AvgIpc) is 2.46. The molecule has 0 aliphatic heterocycles. The van der Waals surface area contributed by atoms with Gasteiger partial charge in [0.2, 0.25) is 0 Å². The monoisotopic (exact) mass is 315 g/mol. The minimum absolute atomic E-state index is 0.00190. The Balaban J connectivity index is 2.54. The SMILES string of the molecule is Cc1cc(O)c(N=Nc2c(C)c(C)cc(C)c2O)cc1[N+](=O)[O-]. The molecule has 23 heavy (non-hydrogen) atoms. The number of aromatic hydroxyl groups is 2. The minimum Gasteiger partial charge on any atom is -0.506 e. The van der Waals surface area contributed by atoms with Crippen LogP contribution in [0.2, 0.25) is 0 Å². The molecule has 0 saturated carbocycles. The Labute approximate surface area is 133 Å². The summed E-state index contributed by atoms with van der Waals surface area (Å²) < 4.78 is 0. The van der Waals surface area contributed by atoms with E-state index in [1.807, 2.05) is 13.0 Å². The van der Waals surface area contributed by atoms with Gasteiger partial charge in [0.25, 0.3) is 5.69 Å². The van der Waals surface area contributed by atoms with Crippen molar-refractivity contribution in [2.75, 3.05) is 0 Å². The second kappa shape index (κ2) is 6.04. The number of phenols is 2. The molecule has 0 aliphatic carbocycles. The Hall–Kier alpha value is -2.96. The zero-order valence-corrected chi connectivity index (χ0v) is 13.3. The number of rotatable bonds is 3. The fraction of sp³-hybridized carbons (Fsp3) is 0.250. The van der Waals surface area contributed by atoms with Crippen LogP contribution in [0.3, 0.4) is 0 Å². The molecular weight excluding hydrogens is 298 g/mol. The van der Waals surface area contributed by atoms with E-state index in [-0.39, 0.29) is 28.6 Å². The predicted octanol–water partition coefficient (Wildman–Crippen LogP) is 4.66. The molecule has 0 aromatic heterocycles. The number of azo groups is 1. The van der Waals surface area contributed by atoms with Crippen LogP contribution in [0.15, 0.2) is 28.4 Å². The molecule has 0 aliphatic rings. The highest BCUT2D eigenvalue weighted by atomic mass is 16.6. The van der Waals surface area contributed by atoms with Gasteiger partial charge in [0.1, 0.15) is 22.9 Å². The summed E-state index contributed by atoms with van der Waals surface area (Å²) in [7, 11) is 0. The lowest BCUT2D eigenvalue weighted by Gasteiger charge is -2.09. The molecule has 0 atom stereocenters. The molecule has 0 bridgehead atoms. The van der Waals surface area contributed by atoms with E-state index in [1.54, 1.807) is 13.8 Å². The topological polar surface area (TPSA) is 108 Å². The fourth-order valence-electron chi connectivity index (χ4n) is 2.23. The van der Waals surface area contributed by atoms with E-state index >= 15 is 0 Å². The van der Waals surface area contributed by atoms with Crippen LogP contribution in [-0.4, -0.2) is 15.1 Å². The van der Waals surface area contributed by atoms with Crippen molar-refractivity contribution >= 4 is 17.1 Å². The molecule has 0 radical (unpaired) electrons. The molecule has 2 aromatic carbocycles. The minimum atomic E-state index is -0.548. The maximum Gasteiger partial charge on any atom is 0.274 e. The Bertz CT molecular complexity index is 803. The Kier molecular flexibility index (Phi) is 4.31. The lowest BCUT2D eigenvalue weighted by molar-refractivity contribution is -0.385. The van der Waals surface area contributed by atoms with Crippen LogP contribution in [0.4, 0.5) is 17.1 Å². The zero-order chi connectivity index (χ0) is 17.3. The van der Waals surface area contributed by atoms with Gasteiger partial charge in [-0.1, -0.05) is 6.07 Å². The van der Waals surface area contributed by atoms with E-state index in [0.29, 0.717) is 11.1 Å². The maximum absolute atomic E-state index is 11.0. The van der Waals surface area contributed by atoms with Crippen molar-refractivity contribution in [1.29, 1.82) is 0 Å². The van der Waals surface area contributed by atoms with E-state index in [0.717, 1.165) is 17.2 Å². The lowest BCUT2D eigenvalue weighted by atomic mass is 10.0. The quantitative estimate of drug-likeness (QED) is 0.488. The van der Waals surface area contributed by atoms with Gasteiger partial charge in [-0.3, -0.25) is 10.1 Å². The lowest BCUT2D eigenvalue weighted by Crippen LogP contribution is -1.91. The molecule has 0 fully saturated rings. The van der Waals surface area contributed by atoms with Gasteiger partial charge in [-0.25, -0.2) is 0 Å². The van der Waals surface area contributed by atoms with Gasteiger partial charge < -0.3 is 10.2 Å². The first-order valence-electron chi connectivity index (χ1n) is 6.92. The molecule has 0 saturated heterocycles. The van der Waals surface area contributed by atoms with Crippen LogP contribution >= 0.6 is 0 Å². The summed E-state index contributed by atoms with van der Waals surface area (Å²) in [5, 5.41) is 38.8. The summed E-state index contributed by atoms with van der Waals surface area (Å²) in [4.78, 5) is 10.4. The number of nitrogens with zero attached hydrogens (tertiary/aromatic N) is 3. The average molecular weight is 315 g/mol. The highest BCUT2D eigenvalue weighted by molar-refractivity contribution is 5.64. The number of hydrogen-bond acceptors (Lipinski definition) is 6. The highest BCUT2D eigenvalue weighted by Crippen LogP contribution is 2.39. The highest BCUT2D eigenvalue weighted by Gasteiger charge is 2.16. The molecule has 0 heterocycles. The maximum atomic E-state index is 11.0. The van der Waals surface area contributed by atoms with E-state index in [4.69, 9.17) is 0 Å². The summed E-state index contributed by atoms with van der Waals surface area (Å²) >= 11 is 0. The van der Waals surface area contributed by atoms with Gasteiger partial charge in [0.05, 0.1) is 4.92 Å². The summed E-state index contributed by atoms with van der Waals surface area (Å²) in [5.74, 6) is -0.212. The molecule has 2 N–H and O–H groups in total. The molecule has 2 aromatic rings. The van der Waals surface area contributed by atoms with Crippen molar-refractivity contribution in [1.82, 2.24) is 0 Å². The smallest absolute Gasteiger partial charge is 0.274 e. The number of hydrogen-bond donors (Lipinski definition) is 2. The summed E-state index contributed by atoms with van der Waals surface area (Å²) in [6, 6.07) is 4.25. The van der Waals surface area contributed by atoms with E-state index in [1.165, 1.54) is 13.0 Å². The Morgan fingerprint density at radius 2 is 1.61 bits per heavy atom. The van der Waals surface area contributed by atoms with Gasteiger partial charge in [0.15, 0.2) is 0 Å². The third kappa shape index (κ3) is 3.13. The predicted molar refractivity (Wildman–Crippen MR) is 86.0 cm³/mol. The van der Waals surface area contributed by atoms with Crippen LogP contribution < -0.4 is 0 Å². The van der Waals surface area contributed by atoms with Gasteiger partial charge in [-0.05, 0) is 50.5 Å². The zero-order valence-electron chi connectivity index (χ0n) is 13.3. The summed E-state index contributed by atoms with van der Waals surface area (Å²) in [5.41, 5.74) is 2.77. The Morgan fingerprint density at radius 3 is 2.22 bits per heavy atom. The van der Waals surface area contributed by atoms with Crippen molar-refractivity contribution in [3.63, 3.8) is 0 Å². The third-order valence-corrected chi connectivity index (χ3v) is 3.73. The molecule has 2 rings (SSSR count). The second-order valence-corrected chi connectivity index (χ2v) is 5.42.